The van der Waals surface area contributed by atoms with Crippen LogP contribution in [0.1, 0.15) is 23.6 Å². The lowest BCUT2D eigenvalue weighted by Crippen LogP contribution is -2.29. The molecule has 0 unspecified atom stereocenters. The summed E-state index contributed by atoms with van der Waals surface area (Å²) < 4.78 is 5.48. The molecule has 2 aromatic rings. The van der Waals surface area contributed by atoms with Gasteiger partial charge in [-0.3, -0.25) is 4.90 Å². The van der Waals surface area contributed by atoms with Crippen LogP contribution in [0.4, 0.5) is 0 Å². The summed E-state index contributed by atoms with van der Waals surface area (Å²) in [7, 11) is 0. The highest BCUT2D eigenvalue weighted by molar-refractivity contribution is 5.30. The standard InChI is InChI=1S/C18H21NO/c1-2-20-18-9-7-15(8-10-18)13-19-12-11-16-5-3-4-6-17(16)14-19/h3-10H,2,11-14H2,1H3. The van der Waals surface area contributed by atoms with Crippen molar-refractivity contribution in [3.8, 4) is 5.75 Å². The third-order valence-electron chi connectivity index (χ3n) is 3.85. The molecule has 0 atom stereocenters. The molecule has 0 aromatic heterocycles. The molecule has 2 nitrogen and oxygen atoms in total. The number of benzene rings is 2. The summed E-state index contributed by atoms with van der Waals surface area (Å²) in [6.07, 6.45) is 1.16. The number of rotatable bonds is 4. The molecule has 0 aliphatic carbocycles. The zero-order chi connectivity index (χ0) is 13.8. The van der Waals surface area contributed by atoms with Crippen LogP contribution in [-0.4, -0.2) is 18.1 Å². The van der Waals surface area contributed by atoms with Crippen LogP contribution < -0.4 is 4.74 Å². The van der Waals surface area contributed by atoms with Crippen molar-refractivity contribution in [3.05, 3.63) is 65.2 Å². The lowest BCUT2D eigenvalue weighted by Gasteiger charge is -2.28. The summed E-state index contributed by atoms with van der Waals surface area (Å²) in [6.45, 7) is 5.95. The summed E-state index contributed by atoms with van der Waals surface area (Å²) >= 11 is 0. The van der Waals surface area contributed by atoms with Crippen LogP contribution in [-0.2, 0) is 19.5 Å². The van der Waals surface area contributed by atoms with Gasteiger partial charge in [0, 0.05) is 19.6 Å². The van der Waals surface area contributed by atoms with E-state index in [-0.39, 0.29) is 0 Å². The molecule has 0 radical (unpaired) electrons. The molecule has 1 aliphatic heterocycles. The summed E-state index contributed by atoms with van der Waals surface area (Å²) in [6, 6.07) is 17.3. The molecule has 0 saturated heterocycles. The second-order valence-corrected chi connectivity index (χ2v) is 5.31. The molecule has 0 saturated carbocycles. The first-order valence-corrected chi connectivity index (χ1v) is 7.36. The van der Waals surface area contributed by atoms with Crippen LogP contribution in [0.3, 0.4) is 0 Å². The molecule has 104 valence electrons. The third-order valence-corrected chi connectivity index (χ3v) is 3.85. The summed E-state index contributed by atoms with van der Waals surface area (Å²) in [5.41, 5.74) is 4.34. The Morgan fingerprint density at radius 1 is 1.00 bits per heavy atom. The summed E-state index contributed by atoms with van der Waals surface area (Å²) in [4.78, 5) is 2.51. The molecule has 3 rings (SSSR count). The van der Waals surface area contributed by atoms with Gasteiger partial charge in [-0.15, -0.1) is 0 Å². The number of fused-ring (bicyclic) bond motifs is 1. The van der Waals surface area contributed by atoms with Crippen molar-refractivity contribution < 1.29 is 4.74 Å². The molecular weight excluding hydrogens is 246 g/mol. The quantitative estimate of drug-likeness (QED) is 0.838. The Balaban J connectivity index is 1.64. The molecule has 0 bridgehead atoms. The van der Waals surface area contributed by atoms with Gasteiger partial charge in [0.1, 0.15) is 5.75 Å². The number of hydrogen-bond donors (Lipinski definition) is 0. The maximum atomic E-state index is 5.48. The predicted octanol–water partition coefficient (Wildman–Crippen LogP) is 3.64. The van der Waals surface area contributed by atoms with Gasteiger partial charge in [-0.1, -0.05) is 36.4 Å². The zero-order valence-corrected chi connectivity index (χ0v) is 12.0. The van der Waals surface area contributed by atoms with Crippen molar-refractivity contribution in [2.45, 2.75) is 26.4 Å². The van der Waals surface area contributed by atoms with E-state index in [4.69, 9.17) is 4.74 Å². The molecule has 20 heavy (non-hydrogen) atoms. The van der Waals surface area contributed by atoms with E-state index >= 15 is 0 Å². The Morgan fingerprint density at radius 3 is 2.50 bits per heavy atom. The first kappa shape index (κ1) is 13.2. The zero-order valence-electron chi connectivity index (χ0n) is 12.0. The van der Waals surface area contributed by atoms with E-state index in [1.807, 2.05) is 6.92 Å². The average molecular weight is 267 g/mol. The lowest BCUT2D eigenvalue weighted by molar-refractivity contribution is 0.245. The fraction of sp³-hybridized carbons (Fsp3) is 0.333. The van der Waals surface area contributed by atoms with Gasteiger partial charge < -0.3 is 4.74 Å². The molecule has 1 aliphatic rings. The average Bonchev–Trinajstić information content (AvgIpc) is 2.49. The van der Waals surface area contributed by atoms with E-state index in [9.17, 15) is 0 Å². The number of ether oxygens (including phenoxy) is 1. The van der Waals surface area contributed by atoms with Crippen LogP contribution in [0.25, 0.3) is 0 Å². The predicted molar refractivity (Wildman–Crippen MR) is 81.9 cm³/mol. The maximum Gasteiger partial charge on any atom is 0.119 e. The normalized spacial score (nSPS) is 14.8. The molecule has 0 N–H and O–H groups in total. The van der Waals surface area contributed by atoms with Crippen molar-refractivity contribution in [1.29, 1.82) is 0 Å². The van der Waals surface area contributed by atoms with Gasteiger partial charge in [-0.25, -0.2) is 0 Å². The van der Waals surface area contributed by atoms with E-state index in [2.05, 4.69) is 53.4 Å². The molecule has 2 heteroatoms. The first-order valence-electron chi connectivity index (χ1n) is 7.36. The molecule has 0 spiro atoms. The SMILES string of the molecule is CCOc1ccc(CN2CCc3ccccc3C2)cc1. The van der Waals surface area contributed by atoms with Crippen molar-refractivity contribution in [1.82, 2.24) is 4.90 Å². The van der Waals surface area contributed by atoms with Crippen molar-refractivity contribution >= 4 is 0 Å². The van der Waals surface area contributed by atoms with Gasteiger partial charge in [0.15, 0.2) is 0 Å². The van der Waals surface area contributed by atoms with Crippen LogP contribution >= 0.6 is 0 Å². The topological polar surface area (TPSA) is 12.5 Å². The highest BCUT2D eigenvalue weighted by atomic mass is 16.5. The second-order valence-electron chi connectivity index (χ2n) is 5.31. The Bertz CT molecular complexity index is 562. The molecule has 0 amide bonds. The van der Waals surface area contributed by atoms with Crippen molar-refractivity contribution in [3.63, 3.8) is 0 Å². The van der Waals surface area contributed by atoms with Crippen molar-refractivity contribution in [2.75, 3.05) is 13.2 Å². The Morgan fingerprint density at radius 2 is 1.75 bits per heavy atom. The largest absolute Gasteiger partial charge is 0.494 e. The van der Waals surface area contributed by atoms with Gasteiger partial charge in [0.25, 0.3) is 0 Å². The van der Waals surface area contributed by atoms with Crippen LogP contribution in [0.15, 0.2) is 48.5 Å². The number of nitrogens with zero attached hydrogens (tertiary/aromatic N) is 1. The van der Waals surface area contributed by atoms with Crippen LogP contribution in [0, 0.1) is 0 Å². The molecule has 2 aromatic carbocycles. The highest BCUT2D eigenvalue weighted by Crippen LogP contribution is 2.21. The molecular formula is C18H21NO. The molecule has 1 heterocycles. The van der Waals surface area contributed by atoms with Gasteiger partial charge >= 0.3 is 0 Å². The fourth-order valence-corrected chi connectivity index (χ4v) is 2.81. The highest BCUT2D eigenvalue weighted by Gasteiger charge is 2.15. The summed E-state index contributed by atoms with van der Waals surface area (Å²) in [5, 5.41) is 0. The second kappa shape index (κ2) is 6.10. The van der Waals surface area contributed by atoms with Gasteiger partial charge in [-0.05, 0) is 42.2 Å². The minimum Gasteiger partial charge on any atom is -0.494 e. The maximum absolute atomic E-state index is 5.48. The lowest BCUT2D eigenvalue weighted by atomic mass is 9.99. The minimum absolute atomic E-state index is 0.724. The van der Waals surface area contributed by atoms with Gasteiger partial charge in [0.2, 0.25) is 0 Å². The smallest absolute Gasteiger partial charge is 0.119 e. The van der Waals surface area contributed by atoms with E-state index in [1.54, 1.807) is 0 Å². The van der Waals surface area contributed by atoms with Crippen LogP contribution in [0.5, 0.6) is 5.75 Å². The van der Waals surface area contributed by atoms with Gasteiger partial charge in [0.05, 0.1) is 6.61 Å². The van der Waals surface area contributed by atoms with Crippen molar-refractivity contribution in [2.24, 2.45) is 0 Å². The van der Waals surface area contributed by atoms with E-state index in [1.165, 1.54) is 16.7 Å². The Kier molecular flexibility index (Phi) is 4.03. The first-order chi connectivity index (χ1) is 9.85. The third kappa shape index (κ3) is 3.02. The minimum atomic E-state index is 0.724. The monoisotopic (exact) mass is 267 g/mol. The Hall–Kier alpha value is -1.80. The van der Waals surface area contributed by atoms with E-state index in [0.29, 0.717) is 0 Å². The Labute approximate surface area is 121 Å². The summed E-state index contributed by atoms with van der Waals surface area (Å²) in [5.74, 6) is 0.959. The van der Waals surface area contributed by atoms with Gasteiger partial charge in [-0.2, -0.15) is 0 Å². The molecule has 0 fully saturated rings. The van der Waals surface area contributed by atoms with E-state index in [0.717, 1.165) is 38.4 Å². The van der Waals surface area contributed by atoms with Crippen LogP contribution in [0.2, 0.25) is 0 Å². The fourth-order valence-electron chi connectivity index (χ4n) is 2.81. The van der Waals surface area contributed by atoms with E-state index < -0.39 is 0 Å². The number of hydrogen-bond acceptors (Lipinski definition) is 2.